The number of hydrogen-bond donors (Lipinski definition) is 1. The summed E-state index contributed by atoms with van der Waals surface area (Å²) in [4.78, 5) is 6.76. The molecule has 1 aromatic heterocycles. The zero-order chi connectivity index (χ0) is 14.5. The zero-order valence-corrected chi connectivity index (χ0v) is 13.5. The Morgan fingerprint density at radius 3 is 2.90 bits per heavy atom. The molecule has 1 aliphatic rings. The minimum Gasteiger partial charge on any atom is -0.377 e. The smallest absolute Gasteiger partial charge is 0.150 e. The maximum atomic E-state index is 6.30. The van der Waals surface area contributed by atoms with E-state index in [-0.39, 0.29) is 6.10 Å². The summed E-state index contributed by atoms with van der Waals surface area (Å²) in [5.41, 5.74) is 0. The number of hydrogen-bond acceptors (Lipinski definition) is 4. The Morgan fingerprint density at radius 1 is 1.40 bits per heavy atom. The molecule has 2 rings (SSSR count). The molecule has 0 aromatic carbocycles. The van der Waals surface area contributed by atoms with Crippen LogP contribution in [0.1, 0.15) is 26.7 Å². The van der Waals surface area contributed by atoms with E-state index in [2.05, 4.69) is 15.2 Å². The highest BCUT2D eigenvalue weighted by atomic mass is 35.5. The highest BCUT2D eigenvalue weighted by Crippen LogP contribution is 2.33. The maximum Gasteiger partial charge on any atom is 0.150 e. The number of ether oxygens (including phenoxy) is 1. The number of rotatable bonds is 5. The molecule has 1 N–H and O–H groups in total. The van der Waals surface area contributed by atoms with Crippen molar-refractivity contribution in [3.63, 3.8) is 0 Å². The fourth-order valence-corrected chi connectivity index (χ4v) is 3.02. The largest absolute Gasteiger partial charge is 0.377 e. The Balaban J connectivity index is 2.20. The van der Waals surface area contributed by atoms with E-state index in [4.69, 9.17) is 27.9 Å². The van der Waals surface area contributed by atoms with E-state index < -0.39 is 0 Å². The predicted octanol–water partition coefficient (Wildman–Crippen LogP) is 3.83. The van der Waals surface area contributed by atoms with Gasteiger partial charge in [0.1, 0.15) is 11.6 Å². The standard InChI is InChI=1S/C14H21Cl2N3O/c1-3-17-13-11(15)8-12(16)14(18-13)19-7-5-6-10(9-19)20-4-2/h8,10H,3-7,9H2,1-2H3,(H,17,18). The Hall–Kier alpha value is -0.710. The number of piperidine rings is 1. The van der Waals surface area contributed by atoms with Gasteiger partial charge in [-0.15, -0.1) is 0 Å². The highest BCUT2D eigenvalue weighted by Gasteiger charge is 2.23. The first-order valence-corrected chi connectivity index (χ1v) is 7.87. The molecule has 1 saturated heterocycles. The van der Waals surface area contributed by atoms with Crippen molar-refractivity contribution in [3.8, 4) is 0 Å². The normalized spacial score (nSPS) is 19.2. The monoisotopic (exact) mass is 317 g/mol. The number of pyridine rings is 1. The van der Waals surface area contributed by atoms with Gasteiger partial charge in [0.15, 0.2) is 0 Å². The van der Waals surface area contributed by atoms with Gasteiger partial charge in [-0.05, 0) is 32.8 Å². The Bertz CT molecular complexity index is 454. The third kappa shape index (κ3) is 3.68. The Morgan fingerprint density at radius 2 is 2.20 bits per heavy atom. The molecule has 1 atom stereocenters. The van der Waals surface area contributed by atoms with Crippen molar-refractivity contribution >= 4 is 34.8 Å². The van der Waals surface area contributed by atoms with Gasteiger partial charge >= 0.3 is 0 Å². The minimum absolute atomic E-state index is 0.255. The molecule has 0 bridgehead atoms. The van der Waals surface area contributed by atoms with Gasteiger partial charge in [0.25, 0.3) is 0 Å². The molecule has 2 heterocycles. The Labute approximate surface area is 130 Å². The molecule has 0 radical (unpaired) electrons. The molecule has 20 heavy (non-hydrogen) atoms. The summed E-state index contributed by atoms with van der Waals surface area (Å²) >= 11 is 12.4. The summed E-state index contributed by atoms with van der Waals surface area (Å²) in [5.74, 6) is 1.48. The lowest BCUT2D eigenvalue weighted by atomic mass is 10.1. The van der Waals surface area contributed by atoms with Gasteiger partial charge in [-0.2, -0.15) is 0 Å². The molecule has 6 heteroatoms. The average Bonchev–Trinajstić information content (AvgIpc) is 2.43. The van der Waals surface area contributed by atoms with Crippen LogP contribution in [0.5, 0.6) is 0 Å². The van der Waals surface area contributed by atoms with E-state index in [9.17, 15) is 0 Å². The van der Waals surface area contributed by atoms with Gasteiger partial charge in [-0.3, -0.25) is 0 Å². The van der Waals surface area contributed by atoms with Crippen LogP contribution in [0.15, 0.2) is 6.07 Å². The molecule has 112 valence electrons. The lowest BCUT2D eigenvalue weighted by Crippen LogP contribution is -2.40. The van der Waals surface area contributed by atoms with Crippen molar-refractivity contribution < 1.29 is 4.74 Å². The summed E-state index contributed by atoms with van der Waals surface area (Å²) in [7, 11) is 0. The van der Waals surface area contributed by atoms with Crippen molar-refractivity contribution in [2.75, 3.05) is 36.5 Å². The van der Waals surface area contributed by atoms with E-state index in [0.29, 0.717) is 15.9 Å². The van der Waals surface area contributed by atoms with E-state index in [1.165, 1.54) is 0 Å². The molecule has 4 nitrogen and oxygen atoms in total. The molecule has 1 fully saturated rings. The summed E-state index contributed by atoms with van der Waals surface area (Å²) in [6, 6.07) is 1.76. The summed E-state index contributed by atoms with van der Waals surface area (Å²) < 4.78 is 5.72. The van der Waals surface area contributed by atoms with Crippen LogP contribution in [0.2, 0.25) is 10.0 Å². The molecule has 0 amide bonds. The molecular weight excluding hydrogens is 297 g/mol. The predicted molar refractivity (Wildman–Crippen MR) is 85.3 cm³/mol. The number of aromatic nitrogens is 1. The van der Waals surface area contributed by atoms with Crippen LogP contribution in [0.3, 0.4) is 0 Å². The lowest BCUT2D eigenvalue weighted by molar-refractivity contribution is 0.0525. The van der Waals surface area contributed by atoms with Gasteiger partial charge in [0.2, 0.25) is 0 Å². The van der Waals surface area contributed by atoms with Crippen molar-refractivity contribution in [2.45, 2.75) is 32.8 Å². The second-order valence-corrected chi connectivity index (χ2v) is 5.63. The quantitative estimate of drug-likeness (QED) is 0.895. The third-order valence-corrected chi connectivity index (χ3v) is 3.90. The fraction of sp³-hybridized carbons (Fsp3) is 0.643. The highest BCUT2D eigenvalue weighted by molar-refractivity contribution is 6.37. The fourth-order valence-electron chi connectivity index (χ4n) is 2.47. The number of nitrogens with zero attached hydrogens (tertiary/aromatic N) is 2. The van der Waals surface area contributed by atoms with Gasteiger partial charge in [-0.1, -0.05) is 23.2 Å². The van der Waals surface area contributed by atoms with Crippen LogP contribution in [0, 0.1) is 0 Å². The second kappa shape index (κ2) is 7.34. The van der Waals surface area contributed by atoms with Gasteiger partial charge in [0.05, 0.1) is 16.1 Å². The minimum atomic E-state index is 0.255. The molecule has 0 saturated carbocycles. The summed E-state index contributed by atoms with van der Waals surface area (Å²) in [5, 5.41) is 4.31. The van der Waals surface area contributed by atoms with Crippen LogP contribution in [-0.2, 0) is 4.74 Å². The Kier molecular flexibility index (Phi) is 5.75. The maximum absolute atomic E-state index is 6.30. The first-order chi connectivity index (χ1) is 9.65. The molecule has 0 spiro atoms. The molecular formula is C14H21Cl2N3O. The van der Waals surface area contributed by atoms with Crippen LogP contribution in [-0.4, -0.2) is 37.3 Å². The van der Waals surface area contributed by atoms with E-state index >= 15 is 0 Å². The third-order valence-electron chi connectivity index (χ3n) is 3.34. The van der Waals surface area contributed by atoms with Gasteiger partial charge in [-0.25, -0.2) is 4.98 Å². The lowest BCUT2D eigenvalue weighted by Gasteiger charge is -2.34. The first-order valence-electron chi connectivity index (χ1n) is 7.12. The zero-order valence-electron chi connectivity index (χ0n) is 12.0. The van der Waals surface area contributed by atoms with E-state index in [1.807, 2.05) is 13.8 Å². The molecule has 0 aliphatic carbocycles. The number of halogens is 2. The van der Waals surface area contributed by atoms with Crippen molar-refractivity contribution in [3.05, 3.63) is 16.1 Å². The van der Waals surface area contributed by atoms with Crippen molar-refractivity contribution in [1.29, 1.82) is 0 Å². The van der Waals surface area contributed by atoms with E-state index in [1.54, 1.807) is 6.07 Å². The average molecular weight is 318 g/mol. The number of nitrogens with one attached hydrogen (secondary N) is 1. The molecule has 1 aliphatic heterocycles. The topological polar surface area (TPSA) is 37.4 Å². The number of anilines is 2. The first kappa shape index (κ1) is 15.7. The molecule has 1 aromatic rings. The van der Waals surface area contributed by atoms with Crippen LogP contribution in [0.4, 0.5) is 11.6 Å². The van der Waals surface area contributed by atoms with Gasteiger partial charge < -0.3 is 15.0 Å². The van der Waals surface area contributed by atoms with Crippen molar-refractivity contribution in [2.24, 2.45) is 0 Å². The SMILES string of the molecule is CCNc1nc(N2CCCC(OCC)C2)c(Cl)cc1Cl. The summed E-state index contributed by atoms with van der Waals surface area (Å²) in [6.45, 7) is 7.32. The van der Waals surface area contributed by atoms with Crippen LogP contribution in [0.25, 0.3) is 0 Å². The summed E-state index contributed by atoms with van der Waals surface area (Å²) in [6.07, 6.45) is 2.43. The van der Waals surface area contributed by atoms with Gasteiger partial charge in [0, 0.05) is 26.2 Å². The van der Waals surface area contributed by atoms with E-state index in [0.717, 1.165) is 44.9 Å². The van der Waals surface area contributed by atoms with Crippen LogP contribution >= 0.6 is 23.2 Å². The molecule has 1 unspecified atom stereocenters. The van der Waals surface area contributed by atoms with Crippen molar-refractivity contribution in [1.82, 2.24) is 4.98 Å². The van der Waals surface area contributed by atoms with Crippen LogP contribution < -0.4 is 10.2 Å². The second-order valence-electron chi connectivity index (χ2n) is 4.82.